The van der Waals surface area contributed by atoms with Gasteiger partial charge in [0.2, 0.25) is 0 Å². The summed E-state index contributed by atoms with van der Waals surface area (Å²) in [5, 5.41) is 0. The molecule has 0 N–H and O–H groups in total. The summed E-state index contributed by atoms with van der Waals surface area (Å²) in [5.41, 5.74) is 0. The highest BCUT2D eigenvalue weighted by molar-refractivity contribution is 9.12. The third-order valence-electron chi connectivity index (χ3n) is 0.782. The Balaban J connectivity index is 2.86. The van der Waals surface area contributed by atoms with E-state index in [9.17, 15) is 4.79 Å². The van der Waals surface area contributed by atoms with Gasteiger partial charge in [-0.2, -0.15) is 0 Å². The lowest BCUT2D eigenvalue weighted by Crippen LogP contribution is -1.92. The van der Waals surface area contributed by atoms with Crippen molar-refractivity contribution in [3.05, 3.63) is 21.3 Å². The molecule has 48 valence electrons. The van der Waals surface area contributed by atoms with Crippen molar-refractivity contribution in [3.63, 3.8) is 0 Å². The molecule has 0 aromatic heterocycles. The Hall–Kier alpha value is -0.0900. The van der Waals surface area contributed by atoms with Crippen molar-refractivity contribution in [2.75, 3.05) is 0 Å². The van der Waals surface area contributed by atoms with Crippen LogP contribution in [0.4, 0.5) is 0 Å². The van der Waals surface area contributed by atoms with E-state index in [0.29, 0.717) is 10.2 Å². The fourth-order valence-corrected chi connectivity index (χ4v) is 0.955. The number of halogens is 2. The van der Waals surface area contributed by atoms with Gasteiger partial charge in [0.15, 0.2) is 0 Å². The standard InChI is InChI=1S/C5H2Br2O2/c6-2-3-1-4(7)5(8)9-3/h1-2H. The molecule has 0 spiro atoms. The summed E-state index contributed by atoms with van der Waals surface area (Å²) in [4.78, 5) is 12.1. The van der Waals surface area contributed by atoms with Gasteiger partial charge in [-0.25, -0.2) is 4.79 Å². The highest BCUT2D eigenvalue weighted by Crippen LogP contribution is 2.21. The first-order valence-corrected chi connectivity index (χ1v) is 3.84. The van der Waals surface area contributed by atoms with Crippen molar-refractivity contribution in [1.82, 2.24) is 0 Å². The fourth-order valence-electron chi connectivity index (χ4n) is 0.423. The number of cyclic esters (lactones) is 1. The average molecular weight is 254 g/mol. The lowest BCUT2D eigenvalue weighted by molar-refractivity contribution is -0.132. The molecular weight excluding hydrogens is 252 g/mol. The van der Waals surface area contributed by atoms with Crippen molar-refractivity contribution >= 4 is 37.8 Å². The van der Waals surface area contributed by atoms with Gasteiger partial charge in [-0.1, -0.05) is 15.9 Å². The first-order valence-electron chi connectivity index (χ1n) is 2.14. The predicted molar refractivity (Wildman–Crippen MR) is 40.1 cm³/mol. The maximum Gasteiger partial charge on any atom is 0.350 e. The molecule has 1 aliphatic heterocycles. The summed E-state index contributed by atoms with van der Waals surface area (Å²) < 4.78 is 5.11. The topological polar surface area (TPSA) is 26.3 Å². The van der Waals surface area contributed by atoms with Crippen LogP contribution in [0.5, 0.6) is 0 Å². The maximum atomic E-state index is 10.5. The summed E-state index contributed by atoms with van der Waals surface area (Å²) in [6.07, 6.45) is 1.59. The molecule has 4 heteroatoms. The molecule has 0 unspecified atom stereocenters. The van der Waals surface area contributed by atoms with E-state index in [4.69, 9.17) is 0 Å². The first kappa shape index (κ1) is 7.02. The molecule has 9 heavy (non-hydrogen) atoms. The first-order chi connectivity index (χ1) is 4.24. The molecule has 0 amide bonds. The van der Waals surface area contributed by atoms with Crippen LogP contribution in [-0.2, 0) is 9.53 Å². The molecule has 0 aromatic rings. The number of allylic oxidation sites excluding steroid dienone is 1. The van der Waals surface area contributed by atoms with Gasteiger partial charge in [-0.15, -0.1) is 0 Å². The highest BCUT2D eigenvalue weighted by atomic mass is 79.9. The second-order valence-corrected chi connectivity index (χ2v) is 2.71. The number of carbonyl (C=O) groups excluding carboxylic acids is 1. The van der Waals surface area contributed by atoms with Gasteiger partial charge in [0, 0.05) is 11.1 Å². The Morgan fingerprint density at radius 1 is 1.67 bits per heavy atom. The number of carbonyl (C=O) groups is 1. The normalized spacial score (nSPS) is 22.2. The lowest BCUT2D eigenvalue weighted by atomic mass is 10.5. The van der Waals surface area contributed by atoms with E-state index >= 15 is 0 Å². The molecule has 0 bridgehead atoms. The maximum absolute atomic E-state index is 10.5. The van der Waals surface area contributed by atoms with Crippen molar-refractivity contribution in [2.24, 2.45) is 0 Å². The lowest BCUT2D eigenvalue weighted by Gasteiger charge is -1.89. The zero-order chi connectivity index (χ0) is 6.85. The van der Waals surface area contributed by atoms with Crippen molar-refractivity contribution in [1.29, 1.82) is 0 Å². The zero-order valence-corrected chi connectivity index (χ0v) is 7.40. The molecule has 0 aliphatic carbocycles. The van der Waals surface area contributed by atoms with Crippen LogP contribution in [0.25, 0.3) is 0 Å². The molecule has 1 heterocycles. The summed E-state index contributed by atoms with van der Waals surface area (Å²) in [7, 11) is 0. The van der Waals surface area contributed by atoms with Crippen LogP contribution in [0.15, 0.2) is 21.3 Å². The van der Waals surface area contributed by atoms with Gasteiger partial charge in [0.05, 0.1) is 0 Å². The van der Waals surface area contributed by atoms with Gasteiger partial charge in [0.25, 0.3) is 0 Å². The molecule has 1 rings (SSSR count). The van der Waals surface area contributed by atoms with E-state index in [0.717, 1.165) is 0 Å². The summed E-state index contributed by atoms with van der Waals surface area (Å²) in [5.74, 6) is 0.174. The Labute approximate surface area is 68.8 Å². The van der Waals surface area contributed by atoms with E-state index in [-0.39, 0.29) is 5.97 Å². The third kappa shape index (κ3) is 1.43. The summed E-state index contributed by atoms with van der Waals surface area (Å²) >= 11 is 6.04. The Bertz CT molecular complexity index is 205. The minimum atomic E-state index is -0.347. The summed E-state index contributed by atoms with van der Waals surface area (Å²) in [6.45, 7) is 0. The number of ether oxygens (including phenoxy) is 1. The SMILES string of the molecule is O=C1OC(=CBr)C=C1Br. The Morgan fingerprint density at radius 2 is 2.33 bits per heavy atom. The van der Waals surface area contributed by atoms with Gasteiger partial charge >= 0.3 is 5.97 Å². The van der Waals surface area contributed by atoms with Crippen LogP contribution in [0.2, 0.25) is 0 Å². The highest BCUT2D eigenvalue weighted by Gasteiger charge is 2.17. The number of rotatable bonds is 0. The van der Waals surface area contributed by atoms with Crippen LogP contribution in [0, 0.1) is 0 Å². The smallest absolute Gasteiger partial charge is 0.350 e. The number of hydrogen-bond acceptors (Lipinski definition) is 2. The minimum absolute atomic E-state index is 0.347. The zero-order valence-electron chi connectivity index (χ0n) is 4.23. The van der Waals surface area contributed by atoms with E-state index in [1.807, 2.05) is 0 Å². The Morgan fingerprint density at radius 3 is 2.56 bits per heavy atom. The molecule has 0 atom stereocenters. The largest absolute Gasteiger partial charge is 0.422 e. The van der Waals surface area contributed by atoms with Crippen LogP contribution in [-0.4, -0.2) is 5.97 Å². The minimum Gasteiger partial charge on any atom is -0.422 e. The van der Waals surface area contributed by atoms with Gasteiger partial charge in [-0.05, 0) is 15.9 Å². The van der Waals surface area contributed by atoms with Crippen molar-refractivity contribution in [3.8, 4) is 0 Å². The molecule has 0 saturated heterocycles. The van der Waals surface area contributed by atoms with Gasteiger partial charge in [0.1, 0.15) is 10.2 Å². The Kier molecular flexibility index (Phi) is 2.08. The van der Waals surface area contributed by atoms with E-state index in [1.165, 1.54) is 0 Å². The van der Waals surface area contributed by atoms with Crippen LogP contribution >= 0.6 is 31.9 Å². The van der Waals surface area contributed by atoms with Crippen molar-refractivity contribution in [2.45, 2.75) is 0 Å². The average Bonchev–Trinajstić information content (AvgIpc) is 2.13. The molecule has 0 radical (unpaired) electrons. The van der Waals surface area contributed by atoms with E-state index in [2.05, 4.69) is 36.6 Å². The number of esters is 1. The van der Waals surface area contributed by atoms with Gasteiger partial charge < -0.3 is 4.74 Å². The molecule has 1 aliphatic rings. The van der Waals surface area contributed by atoms with E-state index < -0.39 is 0 Å². The third-order valence-corrected chi connectivity index (χ3v) is 1.79. The van der Waals surface area contributed by atoms with Crippen LogP contribution in [0.3, 0.4) is 0 Å². The number of hydrogen-bond donors (Lipinski definition) is 0. The van der Waals surface area contributed by atoms with Gasteiger partial charge in [-0.3, -0.25) is 0 Å². The quantitative estimate of drug-likeness (QED) is 0.618. The fraction of sp³-hybridized carbons (Fsp3) is 0. The molecule has 0 saturated carbocycles. The second kappa shape index (κ2) is 2.66. The predicted octanol–water partition coefficient (Wildman–Crippen LogP) is 2.06. The summed E-state index contributed by atoms with van der Waals surface area (Å²) in [6, 6.07) is 0. The molecular formula is C5H2Br2O2. The monoisotopic (exact) mass is 252 g/mol. The van der Waals surface area contributed by atoms with Crippen LogP contribution in [0.1, 0.15) is 0 Å². The van der Waals surface area contributed by atoms with Crippen LogP contribution < -0.4 is 0 Å². The van der Waals surface area contributed by atoms with Crippen molar-refractivity contribution < 1.29 is 9.53 Å². The van der Waals surface area contributed by atoms with E-state index in [1.54, 1.807) is 11.1 Å². The second-order valence-electron chi connectivity index (χ2n) is 1.39. The molecule has 0 fully saturated rings. The molecule has 0 aromatic carbocycles. The molecule has 2 nitrogen and oxygen atoms in total.